The molecule has 1 heterocycles. The van der Waals surface area contributed by atoms with Gasteiger partial charge in [0, 0.05) is 16.5 Å². The summed E-state index contributed by atoms with van der Waals surface area (Å²) in [6, 6.07) is 3.34. The van der Waals surface area contributed by atoms with Gasteiger partial charge in [-0.25, -0.2) is 0 Å². The molecule has 86 valence electrons. The number of fused-ring (bicyclic) bond motifs is 1. The van der Waals surface area contributed by atoms with E-state index in [1.807, 2.05) is 0 Å². The third kappa shape index (κ3) is 1.76. The van der Waals surface area contributed by atoms with Crippen molar-refractivity contribution in [1.29, 1.82) is 0 Å². The van der Waals surface area contributed by atoms with E-state index in [9.17, 15) is 24.6 Å². The van der Waals surface area contributed by atoms with Gasteiger partial charge >= 0.3 is 0 Å². The molecule has 0 saturated heterocycles. The van der Waals surface area contributed by atoms with E-state index >= 15 is 0 Å². The van der Waals surface area contributed by atoms with Gasteiger partial charge in [0.05, 0.1) is 18.2 Å². The second-order valence-corrected chi connectivity index (χ2v) is 3.26. The number of hydrogen-bond acceptors (Lipinski definition) is 6. The number of rotatable bonds is 2. The van der Waals surface area contributed by atoms with Gasteiger partial charge in [0.15, 0.2) is 5.43 Å². The van der Waals surface area contributed by atoms with Gasteiger partial charge in [-0.2, -0.15) is 0 Å². The SMILES string of the molecule is O=C([O-])c1cc2ccoc2cc(C(=O)[O-])c1=O. The highest BCUT2D eigenvalue weighted by molar-refractivity contribution is 5.96. The summed E-state index contributed by atoms with van der Waals surface area (Å²) in [5, 5.41) is 21.8. The molecule has 0 aliphatic rings. The Balaban J connectivity index is 3.00. The molecule has 0 atom stereocenters. The third-order valence-electron chi connectivity index (χ3n) is 2.23. The van der Waals surface area contributed by atoms with E-state index in [1.54, 1.807) is 0 Å². The number of carboxylic acids is 2. The maximum absolute atomic E-state index is 11.6. The molecule has 0 saturated carbocycles. The minimum Gasteiger partial charge on any atom is -0.545 e. The van der Waals surface area contributed by atoms with Gasteiger partial charge in [-0.15, -0.1) is 0 Å². The summed E-state index contributed by atoms with van der Waals surface area (Å²) in [5.41, 5.74) is -2.63. The summed E-state index contributed by atoms with van der Waals surface area (Å²) in [6.45, 7) is 0. The van der Waals surface area contributed by atoms with Crippen LogP contribution in [-0.4, -0.2) is 11.9 Å². The molecular formula is C11H4O6-2. The minimum atomic E-state index is -1.77. The molecule has 0 aliphatic carbocycles. The zero-order valence-corrected chi connectivity index (χ0v) is 8.26. The summed E-state index contributed by atoms with van der Waals surface area (Å²) < 4.78 is 4.92. The lowest BCUT2D eigenvalue weighted by molar-refractivity contribution is -0.255. The van der Waals surface area contributed by atoms with Gasteiger partial charge in [-0.1, -0.05) is 0 Å². The van der Waals surface area contributed by atoms with Crippen LogP contribution in [0.25, 0.3) is 11.0 Å². The molecular weight excluding hydrogens is 228 g/mol. The van der Waals surface area contributed by atoms with Crippen molar-refractivity contribution in [2.75, 3.05) is 0 Å². The number of carbonyl (C=O) groups excluding carboxylic acids is 2. The summed E-state index contributed by atoms with van der Waals surface area (Å²) in [4.78, 5) is 33.1. The van der Waals surface area contributed by atoms with E-state index in [0.717, 1.165) is 12.1 Å². The first-order valence-electron chi connectivity index (χ1n) is 4.49. The van der Waals surface area contributed by atoms with E-state index in [-0.39, 0.29) is 11.0 Å². The maximum Gasteiger partial charge on any atom is 0.196 e. The first kappa shape index (κ1) is 10.9. The van der Waals surface area contributed by atoms with Gasteiger partial charge < -0.3 is 24.2 Å². The Kier molecular flexibility index (Phi) is 2.40. The molecule has 2 rings (SSSR count). The molecule has 1 aromatic carbocycles. The van der Waals surface area contributed by atoms with E-state index in [4.69, 9.17) is 4.42 Å². The fourth-order valence-corrected chi connectivity index (χ4v) is 1.43. The Labute approximate surface area is 93.7 Å². The number of carbonyl (C=O) groups is 2. The van der Waals surface area contributed by atoms with Crippen molar-refractivity contribution in [2.45, 2.75) is 0 Å². The van der Waals surface area contributed by atoms with Crippen molar-refractivity contribution in [3.8, 4) is 0 Å². The highest BCUT2D eigenvalue weighted by atomic mass is 16.4. The highest BCUT2D eigenvalue weighted by Crippen LogP contribution is 2.15. The van der Waals surface area contributed by atoms with Crippen LogP contribution in [0.5, 0.6) is 0 Å². The van der Waals surface area contributed by atoms with Gasteiger partial charge in [-0.3, -0.25) is 4.79 Å². The molecule has 0 bridgehead atoms. The molecule has 0 unspecified atom stereocenters. The van der Waals surface area contributed by atoms with Gasteiger partial charge in [0.25, 0.3) is 0 Å². The Morgan fingerprint density at radius 2 is 1.65 bits per heavy atom. The zero-order valence-electron chi connectivity index (χ0n) is 8.26. The largest absolute Gasteiger partial charge is 0.545 e. The van der Waals surface area contributed by atoms with Crippen LogP contribution in [0, 0.1) is 0 Å². The summed E-state index contributed by atoms with van der Waals surface area (Å²) in [6.07, 6.45) is 1.24. The molecule has 0 radical (unpaired) electrons. The average molecular weight is 232 g/mol. The molecule has 6 heteroatoms. The van der Waals surface area contributed by atoms with Gasteiger partial charge in [0.1, 0.15) is 5.58 Å². The summed E-state index contributed by atoms with van der Waals surface area (Å²) in [7, 11) is 0. The molecule has 6 nitrogen and oxygen atoms in total. The molecule has 0 aliphatic heterocycles. The van der Waals surface area contributed by atoms with Crippen molar-refractivity contribution in [2.24, 2.45) is 0 Å². The molecule has 2 aromatic rings. The van der Waals surface area contributed by atoms with E-state index in [2.05, 4.69) is 0 Å². The predicted octanol–water partition coefficient (Wildman–Crippen LogP) is -1.48. The number of hydrogen-bond donors (Lipinski definition) is 0. The minimum absolute atomic E-state index is 0.0776. The third-order valence-corrected chi connectivity index (χ3v) is 2.23. The second kappa shape index (κ2) is 3.75. The van der Waals surface area contributed by atoms with Crippen LogP contribution in [0.1, 0.15) is 20.7 Å². The Morgan fingerprint density at radius 1 is 1.06 bits per heavy atom. The first-order chi connectivity index (χ1) is 8.00. The Morgan fingerprint density at radius 3 is 2.24 bits per heavy atom. The normalized spacial score (nSPS) is 10.4. The van der Waals surface area contributed by atoms with Crippen molar-refractivity contribution in [1.82, 2.24) is 0 Å². The van der Waals surface area contributed by atoms with Crippen LogP contribution >= 0.6 is 0 Å². The number of furan rings is 1. The molecule has 0 fully saturated rings. The van der Waals surface area contributed by atoms with Crippen LogP contribution in [0.15, 0.2) is 33.7 Å². The quantitative estimate of drug-likeness (QED) is 0.624. The van der Waals surface area contributed by atoms with Crippen molar-refractivity contribution in [3.63, 3.8) is 0 Å². The molecule has 1 aromatic heterocycles. The predicted molar refractivity (Wildman–Crippen MR) is 51.1 cm³/mol. The molecule has 0 spiro atoms. The van der Waals surface area contributed by atoms with Crippen LogP contribution in [0.2, 0.25) is 0 Å². The fourth-order valence-electron chi connectivity index (χ4n) is 1.43. The second-order valence-electron chi connectivity index (χ2n) is 3.26. The average Bonchev–Trinajstić information content (AvgIpc) is 2.62. The maximum atomic E-state index is 11.6. The molecule has 0 amide bonds. The monoisotopic (exact) mass is 232 g/mol. The van der Waals surface area contributed by atoms with Crippen LogP contribution < -0.4 is 15.6 Å². The fraction of sp³-hybridized carbons (Fsp3) is 0. The summed E-state index contributed by atoms with van der Waals surface area (Å²) >= 11 is 0. The Hall–Kier alpha value is -2.63. The first-order valence-corrected chi connectivity index (χ1v) is 4.49. The highest BCUT2D eigenvalue weighted by Gasteiger charge is 2.09. The van der Waals surface area contributed by atoms with Crippen LogP contribution in [0.3, 0.4) is 0 Å². The Bertz CT molecular complexity index is 627. The van der Waals surface area contributed by atoms with Crippen molar-refractivity contribution >= 4 is 22.9 Å². The zero-order chi connectivity index (χ0) is 12.6. The molecule has 0 N–H and O–H groups in total. The van der Waals surface area contributed by atoms with Crippen molar-refractivity contribution < 1.29 is 24.2 Å². The lowest BCUT2D eigenvalue weighted by Gasteiger charge is -2.00. The van der Waals surface area contributed by atoms with Crippen molar-refractivity contribution in [3.05, 3.63) is 45.8 Å². The van der Waals surface area contributed by atoms with E-state index in [1.165, 1.54) is 12.3 Å². The number of aromatic carboxylic acids is 2. The smallest absolute Gasteiger partial charge is 0.196 e. The van der Waals surface area contributed by atoms with Crippen LogP contribution in [0.4, 0.5) is 0 Å². The standard InChI is InChI=1S/C11H6O6/c12-9-6(10(13)14)3-5-1-2-17-8(5)4-7(9)11(15)16/h1-4H,(H,13,14)(H,15,16)/p-2. The van der Waals surface area contributed by atoms with Gasteiger partial charge in [-0.05, 0) is 18.2 Å². The number of carboxylic acid groups (broad SMARTS) is 2. The summed E-state index contributed by atoms with van der Waals surface area (Å²) in [5.74, 6) is -3.53. The lowest BCUT2D eigenvalue weighted by atomic mass is 10.2. The van der Waals surface area contributed by atoms with E-state index in [0.29, 0.717) is 0 Å². The molecule has 17 heavy (non-hydrogen) atoms. The van der Waals surface area contributed by atoms with Crippen LogP contribution in [-0.2, 0) is 0 Å². The topological polar surface area (TPSA) is 110 Å². The van der Waals surface area contributed by atoms with E-state index < -0.39 is 28.5 Å². The lowest BCUT2D eigenvalue weighted by Crippen LogP contribution is -2.33. The van der Waals surface area contributed by atoms with Gasteiger partial charge in [0.2, 0.25) is 0 Å².